The van der Waals surface area contributed by atoms with Crippen molar-refractivity contribution < 1.29 is 13.3 Å². The van der Waals surface area contributed by atoms with E-state index < -0.39 is 14.9 Å². The molecule has 0 radical (unpaired) electrons. The van der Waals surface area contributed by atoms with E-state index >= 15 is 0 Å². The van der Waals surface area contributed by atoms with E-state index in [9.17, 15) is 18.5 Å². The molecule has 0 heterocycles. The number of primary sulfonamides is 1. The van der Waals surface area contributed by atoms with Gasteiger partial charge in [-0.25, -0.2) is 13.6 Å². The summed E-state index contributed by atoms with van der Waals surface area (Å²) >= 11 is 0. The van der Waals surface area contributed by atoms with Crippen LogP contribution in [-0.2, 0) is 10.0 Å². The molecule has 1 aliphatic rings. The second-order valence-electron chi connectivity index (χ2n) is 6.20. The zero-order valence-corrected chi connectivity index (χ0v) is 14.3. The number of sulfonamides is 1. The third-order valence-electron chi connectivity index (χ3n) is 4.59. The first-order valence-electron chi connectivity index (χ1n) is 7.99. The third-order valence-corrected chi connectivity index (χ3v) is 5.50. The molecule has 0 aromatic heterocycles. The molecule has 0 spiro atoms. The number of hydrogen-bond acceptors (Lipinski definition) is 5. The van der Waals surface area contributed by atoms with E-state index in [1.54, 1.807) is 0 Å². The van der Waals surface area contributed by atoms with Gasteiger partial charge in [0.2, 0.25) is 10.0 Å². The summed E-state index contributed by atoms with van der Waals surface area (Å²) in [7, 11) is -4.00. The summed E-state index contributed by atoms with van der Waals surface area (Å²) in [4.78, 5) is 10.5. The normalized spacial score (nSPS) is 16.0. The van der Waals surface area contributed by atoms with Crippen molar-refractivity contribution in [2.75, 3.05) is 5.32 Å². The van der Waals surface area contributed by atoms with Gasteiger partial charge in [-0.15, -0.1) is 0 Å². The lowest BCUT2D eigenvalue weighted by molar-refractivity contribution is -0.384. The van der Waals surface area contributed by atoms with Crippen LogP contribution in [0, 0.1) is 16.0 Å². The summed E-state index contributed by atoms with van der Waals surface area (Å²) in [5.74, 6) is 0.389. The van der Waals surface area contributed by atoms with Crippen molar-refractivity contribution in [3.05, 3.63) is 64.2 Å². The Kier molecular flexibility index (Phi) is 4.73. The Morgan fingerprint density at radius 1 is 1.16 bits per heavy atom. The van der Waals surface area contributed by atoms with E-state index in [0.29, 0.717) is 5.92 Å². The van der Waals surface area contributed by atoms with Crippen LogP contribution in [0.1, 0.15) is 30.9 Å². The van der Waals surface area contributed by atoms with Crippen LogP contribution < -0.4 is 10.5 Å². The molecule has 0 aliphatic heterocycles. The summed E-state index contributed by atoms with van der Waals surface area (Å²) in [5.41, 5.74) is 1.04. The number of nitro groups is 1. The molecule has 2 aromatic carbocycles. The van der Waals surface area contributed by atoms with Crippen LogP contribution in [0.2, 0.25) is 0 Å². The highest BCUT2D eigenvalue weighted by atomic mass is 32.2. The third kappa shape index (κ3) is 3.80. The number of nitrogens with zero attached hydrogens (tertiary/aromatic N) is 1. The van der Waals surface area contributed by atoms with Gasteiger partial charge in [-0.2, -0.15) is 0 Å². The first-order chi connectivity index (χ1) is 11.9. The first-order valence-corrected chi connectivity index (χ1v) is 9.53. The van der Waals surface area contributed by atoms with E-state index in [1.807, 2.05) is 30.3 Å². The molecule has 25 heavy (non-hydrogen) atoms. The Balaban J connectivity index is 1.98. The lowest BCUT2D eigenvalue weighted by atomic mass is 9.77. The standard InChI is InChI=1S/C17H19N3O4S/c18-25(23,24)14-9-10-15(16(11-14)20(21)22)19-17(13-7-4-8-13)12-5-2-1-3-6-12/h1-3,5-6,9-11,13,17,19H,4,7-8H2,(H2,18,23,24). The molecule has 0 amide bonds. The molecule has 1 fully saturated rings. The van der Waals surface area contributed by atoms with Crippen molar-refractivity contribution in [3.8, 4) is 0 Å². The first kappa shape index (κ1) is 17.4. The van der Waals surface area contributed by atoms with Gasteiger partial charge in [-0.1, -0.05) is 36.8 Å². The fourth-order valence-electron chi connectivity index (χ4n) is 3.04. The van der Waals surface area contributed by atoms with Crippen LogP contribution in [0.5, 0.6) is 0 Å². The Morgan fingerprint density at radius 2 is 1.84 bits per heavy atom. The zero-order chi connectivity index (χ0) is 18.0. The second kappa shape index (κ2) is 6.81. The lowest BCUT2D eigenvalue weighted by Gasteiger charge is -2.35. The van der Waals surface area contributed by atoms with Gasteiger partial charge in [0.1, 0.15) is 5.69 Å². The molecule has 7 nitrogen and oxygen atoms in total. The fraction of sp³-hybridized carbons (Fsp3) is 0.294. The maximum absolute atomic E-state index is 11.5. The molecule has 2 aromatic rings. The predicted molar refractivity (Wildman–Crippen MR) is 94.6 cm³/mol. The second-order valence-corrected chi connectivity index (χ2v) is 7.77. The number of benzene rings is 2. The van der Waals surface area contributed by atoms with Gasteiger partial charge in [0.25, 0.3) is 5.69 Å². The van der Waals surface area contributed by atoms with Crippen molar-refractivity contribution in [2.45, 2.75) is 30.2 Å². The van der Waals surface area contributed by atoms with E-state index in [0.717, 1.165) is 30.9 Å². The summed E-state index contributed by atoms with van der Waals surface area (Å²) in [6.45, 7) is 0. The van der Waals surface area contributed by atoms with E-state index in [-0.39, 0.29) is 22.3 Å². The molecular weight excluding hydrogens is 342 g/mol. The summed E-state index contributed by atoms with van der Waals surface area (Å²) in [5, 5.41) is 19.7. The average molecular weight is 361 g/mol. The monoisotopic (exact) mass is 361 g/mol. The topological polar surface area (TPSA) is 115 Å². The van der Waals surface area contributed by atoms with E-state index in [4.69, 9.17) is 5.14 Å². The minimum Gasteiger partial charge on any atom is -0.372 e. The van der Waals surface area contributed by atoms with E-state index in [1.165, 1.54) is 12.1 Å². The van der Waals surface area contributed by atoms with Crippen molar-refractivity contribution in [1.82, 2.24) is 0 Å². The summed E-state index contributed by atoms with van der Waals surface area (Å²) in [6, 6.07) is 13.4. The van der Waals surface area contributed by atoms with Gasteiger partial charge in [-0.05, 0) is 36.5 Å². The number of nitrogens with one attached hydrogen (secondary N) is 1. The number of rotatable bonds is 6. The minimum atomic E-state index is -4.00. The smallest absolute Gasteiger partial charge is 0.293 e. The zero-order valence-electron chi connectivity index (χ0n) is 13.5. The molecule has 3 N–H and O–H groups in total. The summed E-state index contributed by atoms with van der Waals surface area (Å²) in [6.07, 6.45) is 3.24. The maximum atomic E-state index is 11.5. The van der Waals surface area contributed by atoms with Crippen LogP contribution in [-0.4, -0.2) is 13.3 Å². The number of hydrogen-bond donors (Lipinski definition) is 2. The highest BCUT2D eigenvalue weighted by molar-refractivity contribution is 7.89. The Hall–Kier alpha value is -2.45. The van der Waals surface area contributed by atoms with Crippen molar-refractivity contribution in [1.29, 1.82) is 0 Å². The molecule has 0 saturated heterocycles. The molecule has 1 atom stereocenters. The number of anilines is 1. The molecule has 8 heteroatoms. The molecule has 1 aliphatic carbocycles. The number of nitro benzene ring substituents is 1. The Morgan fingerprint density at radius 3 is 2.36 bits per heavy atom. The van der Waals surface area contributed by atoms with Gasteiger partial charge in [0, 0.05) is 6.07 Å². The van der Waals surface area contributed by atoms with Crippen molar-refractivity contribution >= 4 is 21.4 Å². The minimum absolute atomic E-state index is 0.0611. The van der Waals surface area contributed by atoms with Crippen LogP contribution in [0.3, 0.4) is 0 Å². The van der Waals surface area contributed by atoms with Crippen LogP contribution in [0.25, 0.3) is 0 Å². The van der Waals surface area contributed by atoms with Crippen LogP contribution >= 0.6 is 0 Å². The molecule has 1 saturated carbocycles. The maximum Gasteiger partial charge on any atom is 0.293 e. The molecule has 0 bridgehead atoms. The average Bonchev–Trinajstić information content (AvgIpc) is 2.52. The predicted octanol–water partition coefficient (Wildman–Crippen LogP) is 3.20. The van der Waals surface area contributed by atoms with Gasteiger partial charge in [0.05, 0.1) is 15.9 Å². The molecule has 132 valence electrons. The fourth-order valence-corrected chi connectivity index (χ4v) is 3.57. The molecular formula is C17H19N3O4S. The van der Waals surface area contributed by atoms with Crippen molar-refractivity contribution in [3.63, 3.8) is 0 Å². The van der Waals surface area contributed by atoms with Gasteiger partial charge >= 0.3 is 0 Å². The van der Waals surface area contributed by atoms with E-state index in [2.05, 4.69) is 5.32 Å². The Labute approximate surface area is 146 Å². The van der Waals surface area contributed by atoms with Gasteiger partial charge in [0.15, 0.2) is 0 Å². The van der Waals surface area contributed by atoms with Crippen LogP contribution in [0.15, 0.2) is 53.4 Å². The number of nitrogens with two attached hydrogens (primary N) is 1. The SMILES string of the molecule is NS(=O)(=O)c1ccc(NC(c2ccccc2)C2CCC2)c([N+](=O)[O-])c1. The lowest BCUT2D eigenvalue weighted by Crippen LogP contribution is -2.26. The van der Waals surface area contributed by atoms with Gasteiger partial charge < -0.3 is 5.32 Å². The van der Waals surface area contributed by atoms with Gasteiger partial charge in [-0.3, -0.25) is 10.1 Å². The Bertz CT molecular complexity index is 880. The quantitative estimate of drug-likeness (QED) is 0.605. The molecule has 1 unspecified atom stereocenters. The van der Waals surface area contributed by atoms with Crippen molar-refractivity contribution in [2.24, 2.45) is 11.1 Å². The summed E-state index contributed by atoms with van der Waals surface area (Å²) < 4.78 is 22.9. The highest BCUT2D eigenvalue weighted by Crippen LogP contribution is 2.41. The van der Waals surface area contributed by atoms with Crippen LogP contribution in [0.4, 0.5) is 11.4 Å². The molecule has 3 rings (SSSR count). The largest absolute Gasteiger partial charge is 0.372 e. The highest BCUT2D eigenvalue weighted by Gasteiger charge is 2.30.